The molecule has 24 heavy (non-hydrogen) atoms. The minimum absolute atomic E-state index is 0.425. The van der Waals surface area contributed by atoms with Gasteiger partial charge in [0, 0.05) is 17.1 Å². The molecule has 0 unspecified atom stereocenters. The van der Waals surface area contributed by atoms with Crippen molar-refractivity contribution in [1.29, 1.82) is 0 Å². The van der Waals surface area contributed by atoms with Gasteiger partial charge < -0.3 is 4.57 Å². The number of rotatable bonds is 1. The van der Waals surface area contributed by atoms with Crippen LogP contribution < -0.4 is 0 Å². The van der Waals surface area contributed by atoms with E-state index in [1.54, 1.807) is 0 Å². The van der Waals surface area contributed by atoms with Crippen molar-refractivity contribution in [3.05, 3.63) is 71.1 Å². The van der Waals surface area contributed by atoms with Crippen molar-refractivity contribution in [3.8, 4) is 16.9 Å². The Labute approximate surface area is 146 Å². The van der Waals surface area contributed by atoms with Crippen molar-refractivity contribution in [1.82, 2.24) is 14.5 Å². The fourth-order valence-corrected chi connectivity index (χ4v) is 4.34. The second-order valence-corrected chi connectivity index (χ2v) is 7.05. The fourth-order valence-electron chi connectivity index (χ4n) is 4.15. The third-order valence-corrected chi connectivity index (χ3v) is 5.44. The topological polar surface area (TPSA) is 21.1 Å². The van der Waals surface area contributed by atoms with E-state index in [9.17, 15) is 0 Å². The Morgan fingerprint density at radius 2 is 2.00 bits per heavy atom. The summed E-state index contributed by atoms with van der Waals surface area (Å²) in [5.41, 5.74) is 6.09. The molecule has 2 aromatic carbocycles. The van der Waals surface area contributed by atoms with Gasteiger partial charge in [0.15, 0.2) is 0 Å². The summed E-state index contributed by atoms with van der Waals surface area (Å²) in [5, 5.41) is 0.756. The molecule has 0 aliphatic carbocycles. The van der Waals surface area contributed by atoms with Gasteiger partial charge in [-0.25, -0.2) is 4.98 Å². The number of aromatic nitrogens is 2. The van der Waals surface area contributed by atoms with E-state index in [2.05, 4.69) is 39.8 Å². The molecule has 0 bridgehead atoms. The number of hydrogen-bond acceptors (Lipinski definition) is 2. The molecule has 3 heterocycles. The summed E-state index contributed by atoms with van der Waals surface area (Å²) in [4.78, 5) is 7.38. The molecule has 3 nitrogen and oxygen atoms in total. The highest BCUT2D eigenvalue weighted by Crippen LogP contribution is 2.42. The van der Waals surface area contributed by atoms with Gasteiger partial charge in [-0.2, -0.15) is 0 Å². The van der Waals surface area contributed by atoms with Crippen LogP contribution in [0.4, 0.5) is 0 Å². The molecule has 2 aliphatic rings. The molecule has 0 saturated carbocycles. The van der Waals surface area contributed by atoms with E-state index < -0.39 is 0 Å². The molecule has 0 N–H and O–H groups in total. The smallest absolute Gasteiger partial charge is 0.100 e. The second kappa shape index (κ2) is 5.47. The van der Waals surface area contributed by atoms with Crippen molar-refractivity contribution in [2.75, 3.05) is 6.54 Å². The highest BCUT2D eigenvalue weighted by molar-refractivity contribution is 6.30. The van der Waals surface area contributed by atoms with Crippen molar-refractivity contribution in [3.63, 3.8) is 0 Å². The molecule has 4 heteroatoms. The van der Waals surface area contributed by atoms with Gasteiger partial charge in [-0.1, -0.05) is 41.9 Å². The monoisotopic (exact) mass is 335 g/mol. The zero-order valence-electron chi connectivity index (χ0n) is 13.3. The second-order valence-electron chi connectivity index (χ2n) is 6.62. The summed E-state index contributed by atoms with van der Waals surface area (Å²) in [6.45, 7) is 2.16. The van der Waals surface area contributed by atoms with Crippen LogP contribution in [0.3, 0.4) is 0 Å². The maximum atomic E-state index is 6.22. The number of fused-ring (bicyclic) bond motifs is 5. The third kappa shape index (κ3) is 2.12. The number of benzene rings is 2. The average molecular weight is 336 g/mol. The van der Waals surface area contributed by atoms with E-state index in [-0.39, 0.29) is 0 Å². The van der Waals surface area contributed by atoms with E-state index in [1.165, 1.54) is 29.8 Å². The molecule has 1 atom stereocenters. The minimum atomic E-state index is 0.425. The van der Waals surface area contributed by atoms with Crippen molar-refractivity contribution in [2.45, 2.75) is 25.4 Å². The van der Waals surface area contributed by atoms with Gasteiger partial charge in [0.1, 0.15) is 6.33 Å². The van der Waals surface area contributed by atoms with Gasteiger partial charge in [0.2, 0.25) is 0 Å². The molecule has 2 aliphatic heterocycles. The Morgan fingerprint density at radius 3 is 2.92 bits per heavy atom. The van der Waals surface area contributed by atoms with E-state index in [0.29, 0.717) is 6.04 Å². The first-order chi connectivity index (χ1) is 11.8. The van der Waals surface area contributed by atoms with E-state index in [4.69, 9.17) is 16.6 Å². The Balaban J connectivity index is 1.77. The lowest BCUT2D eigenvalue weighted by Crippen LogP contribution is -2.22. The molecule has 120 valence electrons. The zero-order valence-corrected chi connectivity index (χ0v) is 14.1. The molecule has 5 rings (SSSR count). The van der Waals surface area contributed by atoms with Gasteiger partial charge in [0.05, 0.1) is 23.1 Å². The summed E-state index contributed by atoms with van der Waals surface area (Å²) < 4.78 is 2.29. The quantitative estimate of drug-likeness (QED) is 0.634. The molecule has 0 amide bonds. The summed E-state index contributed by atoms with van der Waals surface area (Å²) in [6, 6.07) is 17.1. The average Bonchev–Trinajstić information content (AvgIpc) is 3.19. The van der Waals surface area contributed by atoms with Crippen LogP contribution in [0.5, 0.6) is 0 Å². The molecule has 0 spiro atoms. The number of halogens is 1. The van der Waals surface area contributed by atoms with Crippen LogP contribution in [0.1, 0.15) is 30.1 Å². The molecule has 1 aromatic heterocycles. The number of nitrogens with zero attached hydrogens (tertiary/aromatic N) is 3. The molecule has 3 aromatic rings. The maximum Gasteiger partial charge on any atom is 0.100 e. The Morgan fingerprint density at radius 1 is 1.08 bits per heavy atom. The first-order valence-corrected chi connectivity index (χ1v) is 8.84. The van der Waals surface area contributed by atoms with Gasteiger partial charge in [-0.15, -0.1) is 0 Å². The SMILES string of the molecule is Clc1cccc(-c2ncn3c2[C@@H]2CCCN2Cc2ccccc2-3)c1. The Kier molecular flexibility index (Phi) is 3.25. The summed E-state index contributed by atoms with van der Waals surface area (Å²) in [5.74, 6) is 0. The molecule has 1 saturated heterocycles. The van der Waals surface area contributed by atoms with Crippen LogP contribution >= 0.6 is 11.6 Å². The van der Waals surface area contributed by atoms with Gasteiger partial charge in [-0.3, -0.25) is 4.90 Å². The summed E-state index contributed by atoms with van der Waals surface area (Å²) >= 11 is 6.22. The molecule has 1 fully saturated rings. The Hall–Kier alpha value is -2.10. The van der Waals surface area contributed by atoms with Crippen LogP contribution in [0.2, 0.25) is 5.02 Å². The van der Waals surface area contributed by atoms with Crippen LogP contribution in [0, 0.1) is 0 Å². The number of para-hydroxylation sites is 1. The molecule has 0 radical (unpaired) electrons. The lowest BCUT2D eigenvalue weighted by Gasteiger charge is -2.22. The highest BCUT2D eigenvalue weighted by Gasteiger charge is 2.34. The lowest BCUT2D eigenvalue weighted by molar-refractivity contribution is 0.249. The van der Waals surface area contributed by atoms with Crippen LogP contribution in [-0.2, 0) is 6.54 Å². The number of imidazole rings is 1. The van der Waals surface area contributed by atoms with Gasteiger partial charge in [0.25, 0.3) is 0 Å². The normalized spacial score (nSPS) is 19.5. The lowest BCUT2D eigenvalue weighted by atomic mass is 10.0. The predicted octanol–water partition coefficient (Wildman–Crippen LogP) is 4.84. The van der Waals surface area contributed by atoms with E-state index in [0.717, 1.165) is 29.4 Å². The summed E-state index contributed by atoms with van der Waals surface area (Å²) in [7, 11) is 0. The fraction of sp³-hybridized carbons (Fsp3) is 0.250. The van der Waals surface area contributed by atoms with Crippen LogP contribution in [-0.4, -0.2) is 21.0 Å². The third-order valence-electron chi connectivity index (χ3n) is 5.21. The van der Waals surface area contributed by atoms with Crippen molar-refractivity contribution < 1.29 is 0 Å². The van der Waals surface area contributed by atoms with Crippen LogP contribution in [0.25, 0.3) is 16.9 Å². The van der Waals surface area contributed by atoms with Crippen molar-refractivity contribution >= 4 is 11.6 Å². The molecular weight excluding hydrogens is 318 g/mol. The van der Waals surface area contributed by atoms with Crippen molar-refractivity contribution in [2.24, 2.45) is 0 Å². The van der Waals surface area contributed by atoms with E-state index in [1.807, 2.05) is 24.5 Å². The molecular formula is C20H18ClN3. The largest absolute Gasteiger partial charge is 0.301 e. The standard InChI is InChI=1S/C20H18ClN3/c21-16-7-3-6-14(11-16)19-20-18-9-4-10-23(18)12-15-5-1-2-8-17(15)24(20)13-22-19/h1-3,5-8,11,13,18H,4,9-10,12H2/t18-/m0/s1. The first kappa shape index (κ1) is 14.3. The van der Waals surface area contributed by atoms with Gasteiger partial charge in [-0.05, 0) is 43.1 Å². The maximum absolute atomic E-state index is 6.22. The first-order valence-electron chi connectivity index (χ1n) is 8.47. The predicted molar refractivity (Wildman–Crippen MR) is 96.4 cm³/mol. The number of hydrogen-bond donors (Lipinski definition) is 0. The minimum Gasteiger partial charge on any atom is -0.301 e. The van der Waals surface area contributed by atoms with Gasteiger partial charge >= 0.3 is 0 Å². The van der Waals surface area contributed by atoms with E-state index >= 15 is 0 Å². The highest BCUT2D eigenvalue weighted by atomic mass is 35.5. The summed E-state index contributed by atoms with van der Waals surface area (Å²) in [6.07, 6.45) is 4.41. The van der Waals surface area contributed by atoms with Crippen LogP contribution in [0.15, 0.2) is 54.9 Å². The zero-order chi connectivity index (χ0) is 16.1. The Bertz CT molecular complexity index is 915.